The van der Waals surface area contributed by atoms with E-state index in [4.69, 9.17) is 25.8 Å². The van der Waals surface area contributed by atoms with Crippen LogP contribution in [0.2, 0.25) is 5.02 Å². The molecule has 152 valence electrons. The van der Waals surface area contributed by atoms with Gasteiger partial charge in [-0.05, 0) is 49.4 Å². The summed E-state index contributed by atoms with van der Waals surface area (Å²) in [6.45, 7) is 2.14. The number of carbonyl (C=O) groups is 2. The largest absolute Gasteiger partial charge is 0.494 e. The molecular weight excluding hydrogens is 416 g/mol. The second-order valence-corrected chi connectivity index (χ2v) is 7.30. The van der Waals surface area contributed by atoms with Gasteiger partial charge in [0.2, 0.25) is 0 Å². The van der Waals surface area contributed by atoms with Gasteiger partial charge in [-0.1, -0.05) is 22.9 Å². The Bertz CT molecular complexity index is 1090. The summed E-state index contributed by atoms with van der Waals surface area (Å²) in [7, 11) is 1.31. The smallest absolute Gasteiger partial charge is 0.325 e. The van der Waals surface area contributed by atoms with Gasteiger partial charge in [-0.15, -0.1) is 0 Å². The highest BCUT2D eigenvalue weighted by Crippen LogP contribution is 2.23. The van der Waals surface area contributed by atoms with Gasteiger partial charge in [0.25, 0.3) is 5.91 Å². The summed E-state index contributed by atoms with van der Waals surface area (Å²) < 4.78 is 18.2. The molecule has 0 unspecified atom stereocenters. The number of benzene rings is 2. The molecule has 3 aromatic rings. The van der Waals surface area contributed by atoms with Crippen molar-refractivity contribution in [2.75, 3.05) is 20.3 Å². The molecule has 2 aromatic carbocycles. The van der Waals surface area contributed by atoms with E-state index in [-0.39, 0.29) is 13.2 Å². The fourth-order valence-corrected chi connectivity index (χ4v) is 3.76. The minimum absolute atomic E-state index is 0.0609. The molecule has 0 spiro atoms. The van der Waals surface area contributed by atoms with Crippen molar-refractivity contribution >= 4 is 45.0 Å². The molecule has 0 radical (unpaired) electrons. The van der Waals surface area contributed by atoms with Gasteiger partial charge in [0.15, 0.2) is 11.4 Å². The van der Waals surface area contributed by atoms with Crippen LogP contribution in [0.5, 0.6) is 11.5 Å². The predicted octanol–water partition coefficient (Wildman–Crippen LogP) is 3.43. The Hall–Kier alpha value is -2.84. The molecule has 29 heavy (non-hydrogen) atoms. The summed E-state index contributed by atoms with van der Waals surface area (Å²) in [5.74, 6) is 0.300. The molecule has 0 fully saturated rings. The van der Waals surface area contributed by atoms with Gasteiger partial charge in [-0.25, -0.2) is 0 Å². The van der Waals surface area contributed by atoms with Crippen LogP contribution in [0.1, 0.15) is 6.92 Å². The lowest BCUT2D eigenvalue weighted by Crippen LogP contribution is -2.23. The Morgan fingerprint density at radius 2 is 1.83 bits per heavy atom. The average molecular weight is 435 g/mol. The maximum Gasteiger partial charge on any atom is 0.325 e. The number of fused-ring (bicyclic) bond motifs is 1. The number of methoxy groups -OCH3 is 1. The maximum absolute atomic E-state index is 12.3. The first-order valence-electron chi connectivity index (χ1n) is 8.79. The third-order valence-electron chi connectivity index (χ3n) is 3.88. The fraction of sp³-hybridized carbons (Fsp3) is 0.250. The van der Waals surface area contributed by atoms with Gasteiger partial charge >= 0.3 is 5.97 Å². The van der Waals surface area contributed by atoms with E-state index in [9.17, 15) is 9.59 Å². The minimum Gasteiger partial charge on any atom is -0.494 e. The number of thiazole rings is 1. The summed E-state index contributed by atoms with van der Waals surface area (Å²) in [4.78, 5) is 28.7. The van der Waals surface area contributed by atoms with E-state index in [2.05, 4.69) is 4.99 Å². The van der Waals surface area contributed by atoms with Crippen LogP contribution in [-0.2, 0) is 20.9 Å². The second kappa shape index (κ2) is 9.58. The quantitative estimate of drug-likeness (QED) is 0.532. The van der Waals surface area contributed by atoms with Crippen LogP contribution in [0, 0.1) is 0 Å². The first kappa shape index (κ1) is 20.9. The minimum atomic E-state index is -0.477. The van der Waals surface area contributed by atoms with E-state index in [1.54, 1.807) is 28.8 Å². The molecule has 7 nitrogen and oxygen atoms in total. The second-order valence-electron chi connectivity index (χ2n) is 5.86. The van der Waals surface area contributed by atoms with Gasteiger partial charge in [-0.3, -0.25) is 9.59 Å². The van der Waals surface area contributed by atoms with Crippen LogP contribution in [-0.4, -0.2) is 36.8 Å². The first-order valence-corrected chi connectivity index (χ1v) is 9.98. The summed E-state index contributed by atoms with van der Waals surface area (Å²) >= 11 is 7.12. The van der Waals surface area contributed by atoms with Crippen molar-refractivity contribution in [3.63, 3.8) is 0 Å². The number of amides is 1. The number of ether oxygens (including phenoxy) is 3. The molecular formula is C20H19ClN2O5S. The maximum atomic E-state index is 12.3. The first-order chi connectivity index (χ1) is 14.0. The van der Waals surface area contributed by atoms with Gasteiger partial charge in [0.1, 0.15) is 18.0 Å². The van der Waals surface area contributed by atoms with Crippen molar-refractivity contribution in [1.82, 2.24) is 4.57 Å². The molecule has 0 atom stereocenters. The Balaban J connectivity index is 1.90. The van der Waals surface area contributed by atoms with Crippen molar-refractivity contribution < 1.29 is 23.8 Å². The van der Waals surface area contributed by atoms with Crippen LogP contribution >= 0.6 is 22.9 Å². The number of carbonyl (C=O) groups excluding carboxylic acids is 2. The van der Waals surface area contributed by atoms with Crippen LogP contribution in [0.15, 0.2) is 47.5 Å². The third-order valence-corrected chi connectivity index (χ3v) is 5.17. The standard InChI is InChI=1S/C20H19ClN2O5S/c1-3-27-15-8-9-16-17(10-15)29-20(23(16)11-19(25)26-2)22-18(24)12-28-14-6-4-13(21)5-7-14/h4-10H,3,11-12H2,1-2H3. The predicted molar refractivity (Wildman–Crippen MR) is 111 cm³/mol. The van der Waals surface area contributed by atoms with Gasteiger partial charge in [0, 0.05) is 5.02 Å². The van der Waals surface area contributed by atoms with E-state index in [1.807, 2.05) is 25.1 Å². The SMILES string of the molecule is CCOc1ccc2c(c1)sc(=NC(=O)COc1ccc(Cl)cc1)n2CC(=O)OC. The van der Waals surface area contributed by atoms with Crippen LogP contribution in [0.4, 0.5) is 0 Å². The van der Waals surface area contributed by atoms with Crippen molar-refractivity contribution in [1.29, 1.82) is 0 Å². The molecule has 0 aliphatic carbocycles. The zero-order valence-electron chi connectivity index (χ0n) is 15.9. The van der Waals surface area contributed by atoms with Crippen molar-refractivity contribution in [3.8, 4) is 11.5 Å². The summed E-state index contributed by atoms with van der Waals surface area (Å²) in [6, 6.07) is 12.2. The molecule has 1 aromatic heterocycles. The van der Waals surface area contributed by atoms with Gasteiger partial charge < -0.3 is 18.8 Å². The van der Waals surface area contributed by atoms with E-state index in [1.165, 1.54) is 18.4 Å². The molecule has 1 amide bonds. The molecule has 0 N–H and O–H groups in total. The van der Waals surface area contributed by atoms with E-state index >= 15 is 0 Å². The normalized spacial score (nSPS) is 11.5. The molecule has 0 aliphatic heterocycles. The molecule has 3 rings (SSSR count). The van der Waals surface area contributed by atoms with Crippen molar-refractivity contribution in [3.05, 3.63) is 52.3 Å². The highest BCUT2D eigenvalue weighted by Gasteiger charge is 2.13. The molecule has 0 saturated carbocycles. The Kier molecular flexibility index (Phi) is 6.90. The monoisotopic (exact) mass is 434 g/mol. The van der Waals surface area contributed by atoms with Crippen LogP contribution in [0.25, 0.3) is 10.2 Å². The zero-order chi connectivity index (χ0) is 20.8. The lowest BCUT2D eigenvalue weighted by Gasteiger charge is -2.05. The Labute approximate surface area is 176 Å². The van der Waals surface area contributed by atoms with E-state index in [0.29, 0.717) is 27.9 Å². The summed E-state index contributed by atoms with van der Waals surface area (Å²) in [6.07, 6.45) is 0. The highest BCUT2D eigenvalue weighted by atomic mass is 35.5. The van der Waals surface area contributed by atoms with Gasteiger partial charge in [0.05, 0.1) is 23.9 Å². The highest BCUT2D eigenvalue weighted by molar-refractivity contribution is 7.16. The number of rotatable bonds is 7. The van der Waals surface area contributed by atoms with E-state index < -0.39 is 11.9 Å². The summed E-state index contributed by atoms with van der Waals surface area (Å²) in [5, 5.41) is 0.578. The number of hydrogen-bond acceptors (Lipinski definition) is 6. The third kappa shape index (κ3) is 5.36. The fourth-order valence-electron chi connectivity index (χ4n) is 2.56. The zero-order valence-corrected chi connectivity index (χ0v) is 17.5. The average Bonchev–Trinajstić information content (AvgIpc) is 3.03. The van der Waals surface area contributed by atoms with E-state index in [0.717, 1.165) is 10.2 Å². The molecule has 0 aliphatic rings. The number of halogens is 1. The summed E-state index contributed by atoms with van der Waals surface area (Å²) in [5.41, 5.74) is 0.758. The molecule has 9 heteroatoms. The number of hydrogen-bond donors (Lipinski definition) is 0. The molecule has 0 bridgehead atoms. The lowest BCUT2D eigenvalue weighted by molar-refractivity contribution is -0.141. The Morgan fingerprint density at radius 3 is 2.52 bits per heavy atom. The Morgan fingerprint density at radius 1 is 1.10 bits per heavy atom. The lowest BCUT2D eigenvalue weighted by atomic mass is 10.3. The number of esters is 1. The number of nitrogens with zero attached hydrogens (tertiary/aromatic N) is 2. The topological polar surface area (TPSA) is 79.1 Å². The van der Waals surface area contributed by atoms with Crippen LogP contribution in [0.3, 0.4) is 0 Å². The molecule has 1 heterocycles. The number of aromatic nitrogens is 1. The van der Waals surface area contributed by atoms with Crippen molar-refractivity contribution in [2.24, 2.45) is 4.99 Å². The van der Waals surface area contributed by atoms with Crippen molar-refractivity contribution in [2.45, 2.75) is 13.5 Å². The molecule has 0 saturated heterocycles. The van der Waals surface area contributed by atoms with Gasteiger partial charge in [-0.2, -0.15) is 4.99 Å². The van der Waals surface area contributed by atoms with Crippen LogP contribution < -0.4 is 14.3 Å².